The lowest BCUT2D eigenvalue weighted by Gasteiger charge is -2.08. The summed E-state index contributed by atoms with van der Waals surface area (Å²) in [6.45, 7) is 1.88. The standard InChI is InChI=1S/C12H7BrN2O2S/c1-6-9(13)14-12(18-6)15-10(16)7-4-2-3-5-8(7)11(15)17/h2-5H,1H3. The SMILES string of the molecule is Cc1sc(N2C(=O)c3ccccc3C2=O)nc1Br. The van der Waals surface area contributed by atoms with Crippen molar-refractivity contribution in [2.24, 2.45) is 0 Å². The molecule has 1 aromatic carbocycles. The van der Waals surface area contributed by atoms with E-state index in [0.717, 1.165) is 9.78 Å². The molecule has 0 aliphatic carbocycles. The number of carbonyl (C=O) groups is 2. The van der Waals surface area contributed by atoms with E-state index in [1.807, 2.05) is 6.92 Å². The normalized spacial score (nSPS) is 14.2. The summed E-state index contributed by atoms with van der Waals surface area (Å²) < 4.78 is 0.666. The van der Waals surface area contributed by atoms with Crippen molar-refractivity contribution in [3.63, 3.8) is 0 Å². The molecule has 0 N–H and O–H groups in total. The second kappa shape index (κ2) is 4.00. The molecule has 18 heavy (non-hydrogen) atoms. The molecule has 0 fully saturated rings. The first-order valence-electron chi connectivity index (χ1n) is 5.20. The second-order valence-corrected chi connectivity index (χ2v) is 5.77. The molecular weight excluding hydrogens is 316 g/mol. The van der Waals surface area contributed by atoms with Crippen molar-refractivity contribution >= 4 is 44.2 Å². The molecule has 0 atom stereocenters. The van der Waals surface area contributed by atoms with Crippen LogP contribution in [0.3, 0.4) is 0 Å². The van der Waals surface area contributed by atoms with Crippen LogP contribution in [0.15, 0.2) is 28.9 Å². The quantitative estimate of drug-likeness (QED) is 0.758. The van der Waals surface area contributed by atoms with Crippen LogP contribution >= 0.6 is 27.3 Å². The van der Waals surface area contributed by atoms with Crippen LogP contribution in [0.25, 0.3) is 0 Å². The maximum Gasteiger partial charge on any atom is 0.268 e. The van der Waals surface area contributed by atoms with Crippen molar-refractivity contribution in [1.29, 1.82) is 0 Å². The van der Waals surface area contributed by atoms with Crippen molar-refractivity contribution in [2.75, 3.05) is 4.90 Å². The molecule has 0 radical (unpaired) electrons. The van der Waals surface area contributed by atoms with Gasteiger partial charge in [-0.1, -0.05) is 12.1 Å². The first kappa shape index (κ1) is 11.6. The highest BCUT2D eigenvalue weighted by Crippen LogP contribution is 2.34. The molecule has 0 unspecified atom stereocenters. The minimum Gasteiger partial charge on any atom is -0.268 e. The minimum absolute atomic E-state index is 0.308. The number of amides is 2. The third-order valence-electron chi connectivity index (χ3n) is 2.71. The van der Waals surface area contributed by atoms with Gasteiger partial charge in [0.2, 0.25) is 5.13 Å². The highest BCUT2D eigenvalue weighted by Gasteiger charge is 2.38. The molecule has 2 aromatic rings. The lowest BCUT2D eigenvalue weighted by Crippen LogP contribution is -2.29. The minimum atomic E-state index is -0.308. The number of imide groups is 1. The zero-order chi connectivity index (χ0) is 12.9. The Morgan fingerprint density at radius 1 is 1.17 bits per heavy atom. The summed E-state index contributed by atoms with van der Waals surface area (Å²) in [6.07, 6.45) is 0. The molecule has 6 heteroatoms. The van der Waals surface area contributed by atoms with Gasteiger partial charge < -0.3 is 0 Å². The second-order valence-electron chi connectivity index (χ2n) is 3.83. The van der Waals surface area contributed by atoms with Gasteiger partial charge in [-0.05, 0) is 35.0 Å². The van der Waals surface area contributed by atoms with Gasteiger partial charge >= 0.3 is 0 Å². The van der Waals surface area contributed by atoms with E-state index in [9.17, 15) is 9.59 Å². The van der Waals surface area contributed by atoms with E-state index >= 15 is 0 Å². The number of fused-ring (bicyclic) bond motifs is 1. The van der Waals surface area contributed by atoms with Crippen LogP contribution in [-0.2, 0) is 0 Å². The molecule has 0 saturated heterocycles. The Bertz CT molecular complexity index is 626. The predicted molar refractivity (Wildman–Crippen MR) is 72.1 cm³/mol. The largest absolute Gasteiger partial charge is 0.268 e. The summed E-state index contributed by atoms with van der Waals surface area (Å²) >= 11 is 4.60. The van der Waals surface area contributed by atoms with E-state index in [-0.39, 0.29) is 11.8 Å². The number of thiazole rings is 1. The topological polar surface area (TPSA) is 50.3 Å². The number of carbonyl (C=O) groups excluding carboxylic acids is 2. The number of rotatable bonds is 1. The monoisotopic (exact) mass is 322 g/mol. The number of hydrogen-bond acceptors (Lipinski definition) is 4. The summed E-state index contributed by atoms with van der Waals surface area (Å²) in [7, 11) is 0. The first-order valence-corrected chi connectivity index (χ1v) is 6.81. The number of benzene rings is 1. The number of aromatic nitrogens is 1. The van der Waals surface area contributed by atoms with E-state index in [0.29, 0.717) is 20.9 Å². The van der Waals surface area contributed by atoms with Crippen molar-refractivity contribution in [1.82, 2.24) is 4.98 Å². The van der Waals surface area contributed by atoms with Gasteiger partial charge in [0, 0.05) is 4.88 Å². The van der Waals surface area contributed by atoms with Crippen LogP contribution in [0.2, 0.25) is 0 Å². The van der Waals surface area contributed by atoms with Gasteiger partial charge in [-0.3, -0.25) is 9.59 Å². The molecule has 90 valence electrons. The van der Waals surface area contributed by atoms with Gasteiger partial charge in [-0.15, -0.1) is 11.3 Å². The van der Waals surface area contributed by atoms with Crippen LogP contribution in [-0.4, -0.2) is 16.8 Å². The summed E-state index contributed by atoms with van der Waals surface area (Å²) in [6, 6.07) is 6.81. The number of aryl methyl sites for hydroxylation is 1. The molecule has 1 aromatic heterocycles. The van der Waals surface area contributed by atoms with E-state index in [2.05, 4.69) is 20.9 Å². The maximum atomic E-state index is 12.2. The molecule has 0 bridgehead atoms. The van der Waals surface area contributed by atoms with Gasteiger partial charge in [-0.2, -0.15) is 0 Å². The highest BCUT2D eigenvalue weighted by molar-refractivity contribution is 9.10. The smallest absolute Gasteiger partial charge is 0.268 e. The fraction of sp³-hybridized carbons (Fsp3) is 0.0833. The highest BCUT2D eigenvalue weighted by atomic mass is 79.9. The van der Waals surface area contributed by atoms with E-state index < -0.39 is 0 Å². The average molecular weight is 323 g/mol. The Hall–Kier alpha value is -1.53. The third kappa shape index (κ3) is 1.53. The van der Waals surface area contributed by atoms with Crippen molar-refractivity contribution < 1.29 is 9.59 Å². The van der Waals surface area contributed by atoms with E-state index in [4.69, 9.17) is 0 Å². The number of anilines is 1. The zero-order valence-corrected chi connectivity index (χ0v) is 11.7. The Morgan fingerprint density at radius 2 is 1.72 bits per heavy atom. The van der Waals surface area contributed by atoms with Gasteiger partial charge in [0.05, 0.1) is 11.1 Å². The van der Waals surface area contributed by atoms with Crippen LogP contribution in [0.1, 0.15) is 25.6 Å². The number of halogens is 1. The molecule has 0 spiro atoms. The summed E-state index contributed by atoms with van der Waals surface area (Å²) in [5.74, 6) is -0.617. The number of hydrogen-bond donors (Lipinski definition) is 0. The van der Waals surface area contributed by atoms with Crippen molar-refractivity contribution in [3.05, 3.63) is 44.9 Å². The average Bonchev–Trinajstić information content (AvgIpc) is 2.80. The molecule has 3 rings (SSSR count). The van der Waals surface area contributed by atoms with Crippen molar-refractivity contribution in [2.45, 2.75) is 6.92 Å². The van der Waals surface area contributed by atoms with Gasteiger partial charge in [0.15, 0.2) is 0 Å². The van der Waals surface area contributed by atoms with E-state index in [1.54, 1.807) is 24.3 Å². The molecule has 1 aliphatic rings. The van der Waals surface area contributed by atoms with Crippen LogP contribution in [0, 0.1) is 6.92 Å². The van der Waals surface area contributed by atoms with Crippen molar-refractivity contribution in [3.8, 4) is 0 Å². The summed E-state index contributed by atoms with van der Waals surface area (Å²) in [5.41, 5.74) is 0.873. The summed E-state index contributed by atoms with van der Waals surface area (Å²) in [4.78, 5) is 30.6. The lowest BCUT2D eigenvalue weighted by molar-refractivity contribution is 0.0926. The van der Waals surface area contributed by atoms with Crippen LogP contribution in [0.5, 0.6) is 0 Å². The summed E-state index contributed by atoms with van der Waals surface area (Å²) in [5, 5.41) is 0.408. The molecule has 0 saturated carbocycles. The van der Waals surface area contributed by atoms with Gasteiger partial charge in [-0.25, -0.2) is 9.88 Å². The maximum absolute atomic E-state index is 12.2. The first-order chi connectivity index (χ1) is 8.59. The Balaban J connectivity index is 2.12. The molecular formula is C12H7BrN2O2S. The number of nitrogens with zero attached hydrogens (tertiary/aromatic N) is 2. The Morgan fingerprint density at radius 3 is 2.17 bits per heavy atom. The fourth-order valence-electron chi connectivity index (χ4n) is 1.82. The van der Waals surface area contributed by atoms with E-state index in [1.165, 1.54) is 11.3 Å². The van der Waals surface area contributed by atoms with Gasteiger partial charge in [0.25, 0.3) is 11.8 Å². The third-order valence-corrected chi connectivity index (χ3v) is 4.70. The lowest BCUT2D eigenvalue weighted by atomic mass is 10.1. The predicted octanol–water partition coefficient (Wildman–Crippen LogP) is 3.01. The molecule has 1 aliphatic heterocycles. The van der Waals surface area contributed by atoms with Crippen LogP contribution in [0.4, 0.5) is 5.13 Å². The Labute approximate surface area is 115 Å². The molecule has 2 heterocycles. The van der Waals surface area contributed by atoms with Gasteiger partial charge in [0.1, 0.15) is 4.60 Å². The fourth-order valence-corrected chi connectivity index (χ4v) is 3.15. The Kier molecular flexibility index (Phi) is 2.57. The van der Waals surface area contributed by atoms with Crippen LogP contribution < -0.4 is 4.90 Å². The molecule has 2 amide bonds. The zero-order valence-electron chi connectivity index (χ0n) is 9.31. The molecule has 4 nitrogen and oxygen atoms in total.